The number of para-hydroxylation sites is 4. The fourth-order valence-corrected chi connectivity index (χ4v) is 12.1. The largest absolute Gasteiger partial charge is 0.456 e. The Hall–Kier alpha value is -9.38. The molecule has 15 rings (SSSR count). The number of hydrogen-bond donors (Lipinski definition) is 0. The highest BCUT2D eigenvalue weighted by Crippen LogP contribution is 2.58. The lowest BCUT2D eigenvalue weighted by molar-refractivity contribution is 0.662. The maximum Gasteiger partial charge on any atom is 0.160 e. The van der Waals surface area contributed by atoms with Gasteiger partial charge in [0.2, 0.25) is 0 Å². The Balaban J connectivity index is 1.02. The molecule has 71 heavy (non-hydrogen) atoms. The standard InChI is InChI=1S/C67H42N2O2/c1-4-20-43(21-5-1)48-26-11-16-32-58(48)68(46-36-38-50-49-27-10-15-31-56(49)67(57(50)40-46,44-22-6-2-7-23-44)45-24-8-3-9-25-45)47-37-39-53-55-42-63-64(54-30-14-19-35-61(54)70-63)65(66(55)71-62(53)41-47)69-59-33-17-12-28-51(59)52-29-13-18-34-60(52)69/h1-42H. The van der Waals surface area contributed by atoms with Crippen molar-refractivity contribution in [3.63, 3.8) is 0 Å². The van der Waals surface area contributed by atoms with Gasteiger partial charge in [0.1, 0.15) is 22.4 Å². The molecular weight excluding hydrogens is 865 g/mol. The van der Waals surface area contributed by atoms with Gasteiger partial charge >= 0.3 is 0 Å². The second-order valence-corrected chi connectivity index (χ2v) is 18.7. The third kappa shape index (κ3) is 5.67. The summed E-state index contributed by atoms with van der Waals surface area (Å²) in [6.07, 6.45) is 0. The van der Waals surface area contributed by atoms with E-state index in [2.05, 4.69) is 258 Å². The number of rotatable bonds is 7. The number of benzene rings is 11. The quantitative estimate of drug-likeness (QED) is 0.160. The van der Waals surface area contributed by atoms with Crippen molar-refractivity contribution in [1.82, 2.24) is 4.57 Å². The highest BCUT2D eigenvalue weighted by molar-refractivity contribution is 6.23. The van der Waals surface area contributed by atoms with E-state index in [-0.39, 0.29) is 0 Å². The van der Waals surface area contributed by atoms with E-state index in [9.17, 15) is 0 Å². The molecule has 3 aromatic heterocycles. The van der Waals surface area contributed by atoms with Gasteiger partial charge in [-0.2, -0.15) is 0 Å². The molecule has 0 saturated carbocycles. The van der Waals surface area contributed by atoms with Crippen LogP contribution in [-0.2, 0) is 5.41 Å². The van der Waals surface area contributed by atoms with Crippen LogP contribution >= 0.6 is 0 Å². The maximum atomic E-state index is 7.38. The van der Waals surface area contributed by atoms with E-state index < -0.39 is 5.41 Å². The van der Waals surface area contributed by atoms with Gasteiger partial charge in [0.25, 0.3) is 0 Å². The lowest BCUT2D eigenvalue weighted by atomic mass is 9.67. The first-order valence-corrected chi connectivity index (χ1v) is 24.3. The molecule has 0 amide bonds. The molecule has 4 nitrogen and oxygen atoms in total. The van der Waals surface area contributed by atoms with Crippen molar-refractivity contribution < 1.29 is 8.83 Å². The first-order valence-electron chi connectivity index (χ1n) is 24.3. The minimum Gasteiger partial charge on any atom is -0.456 e. The fraction of sp³-hybridized carbons (Fsp3) is 0.0149. The van der Waals surface area contributed by atoms with Crippen LogP contribution in [0.1, 0.15) is 22.3 Å². The predicted molar refractivity (Wildman–Crippen MR) is 293 cm³/mol. The molecule has 332 valence electrons. The Morgan fingerprint density at radius 1 is 0.352 bits per heavy atom. The highest BCUT2D eigenvalue weighted by Gasteiger charge is 2.46. The van der Waals surface area contributed by atoms with Crippen molar-refractivity contribution in [1.29, 1.82) is 0 Å². The smallest absolute Gasteiger partial charge is 0.160 e. The number of aromatic nitrogens is 1. The van der Waals surface area contributed by atoms with Crippen LogP contribution in [0, 0.1) is 0 Å². The summed E-state index contributed by atoms with van der Waals surface area (Å²) >= 11 is 0. The summed E-state index contributed by atoms with van der Waals surface area (Å²) in [5.74, 6) is 0. The number of furan rings is 2. The van der Waals surface area contributed by atoms with E-state index in [1.807, 2.05) is 6.07 Å². The molecule has 3 heterocycles. The second-order valence-electron chi connectivity index (χ2n) is 18.7. The summed E-state index contributed by atoms with van der Waals surface area (Å²) in [5.41, 5.74) is 18.7. The summed E-state index contributed by atoms with van der Waals surface area (Å²) in [5, 5.41) is 6.46. The van der Waals surface area contributed by atoms with Crippen molar-refractivity contribution in [2.75, 3.05) is 4.90 Å². The maximum absolute atomic E-state index is 7.38. The zero-order valence-electron chi connectivity index (χ0n) is 38.5. The van der Waals surface area contributed by atoms with Crippen LogP contribution in [0.15, 0.2) is 264 Å². The summed E-state index contributed by atoms with van der Waals surface area (Å²) in [6, 6.07) is 92.2. The highest BCUT2D eigenvalue weighted by atomic mass is 16.3. The summed E-state index contributed by atoms with van der Waals surface area (Å²) < 4.78 is 16.5. The van der Waals surface area contributed by atoms with E-state index in [4.69, 9.17) is 8.83 Å². The molecule has 14 aromatic rings. The first-order chi connectivity index (χ1) is 35.2. The van der Waals surface area contributed by atoms with E-state index in [1.165, 1.54) is 44.2 Å². The van der Waals surface area contributed by atoms with Crippen molar-refractivity contribution in [2.45, 2.75) is 5.41 Å². The van der Waals surface area contributed by atoms with Crippen molar-refractivity contribution in [2.24, 2.45) is 0 Å². The van der Waals surface area contributed by atoms with Gasteiger partial charge in [0.15, 0.2) is 5.58 Å². The molecule has 0 radical (unpaired) electrons. The van der Waals surface area contributed by atoms with Gasteiger partial charge < -0.3 is 18.3 Å². The average molecular weight is 907 g/mol. The molecule has 0 atom stereocenters. The van der Waals surface area contributed by atoms with Crippen LogP contribution in [0.5, 0.6) is 0 Å². The molecule has 0 N–H and O–H groups in total. The number of nitrogens with zero attached hydrogens (tertiary/aromatic N) is 2. The Labute approximate surface area is 409 Å². The van der Waals surface area contributed by atoms with Gasteiger partial charge in [0, 0.05) is 49.9 Å². The van der Waals surface area contributed by atoms with Gasteiger partial charge in [-0.25, -0.2) is 0 Å². The van der Waals surface area contributed by atoms with Gasteiger partial charge in [-0.1, -0.05) is 194 Å². The molecule has 0 bridgehead atoms. The Bertz CT molecular complexity index is 4320. The van der Waals surface area contributed by atoms with Gasteiger partial charge in [-0.05, 0) is 93.5 Å². The van der Waals surface area contributed by atoms with E-state index in [0.717, 1.165) is 88.8 Å². The summed E-state index contributed by atoms with van der Waals surface area (Å²) in [6.45, 7) is 0. The van der Waals surface area contributed by atoms with E-state index >= 15 is 0 Å². The van der Waals surface area contributed by atoms with Crippen LogP contribution in [0.2, 0.25) is 0 Å². The van der Waals surface area contributed by atoms with Gasteiger partial charge in [-0.15, -0.1) is 0 Å². The number of hydrogen-bond acceptors (Lipinski definition) is 3. The Morgan fingerprint density at radius 3 is 1.65 bits per heavy atom. The third-order valence-electron chi connectivity index (χ3n) is 15.1. The van der Waals surface area contributed by atoms with Crippen LogP contribution < -0.4 is 4.90 Å². The zero-order valence-corrected chi connectivity index (χ0v) is 38.5. The fourth-order valence-electron chi connectivity index (χ4n) is 12.1. The second kappa shape index (κ2) is 15.3. The Morgan fingerprint density at radius 2 is 0.915 bits per heavy atom. The van der Waals surface area contributed by atoms with Crippen LogP contribution in [0.4, 0.5) is 17.1 Å². The summed E-state index contributed by atoms with van der Waals surface area (Å²) in [4.78, 5) is 2.42. The average Bonchev–Trinajstić information content (AvgIpc) is 4.18. The van der Waals surface area contributed by atoms with Crippen LogP contribution in [0.25, 0.3) is 93.6 Å². The first kappa shape index (κ1) is 39.6. The summed E-state index contributed by atoms with van der Waals surface area (Å²) in [7, 11) is 0. The van der Waals surface area contributed by atoms with Crippen molar-refractivity contribution >= 4 is 82.7 Å². The molecule has 4 heteroatoms. The lowest BCUT2D eigenvalue weighted by Gasteiger charge is -2.35. The normalized spacial score (nSPS) is 12.9. The molecule has 0 fully saturated rings. The molecule has 11 aromatic carbocycles. The minimum atomic E-state index is -0.567. The molecule has 1 aliphatic carbocycles. The number of fused-ring (bicyclic) bond motifs is 12. The minimum absolute atomic E-state index is 0.567. The molecule has 1 aliphatic rings. The third-order valence-corrected chi connectivity index (χ3v) is 15.1. The molecule has 0 aliphatic heterocycles. The number of anilines is 3. The molecule has 0 spiro atoms. The monoisotopic (exact) mass is 906 g/mol. The zero-order chi connectivity index (χ0) is 46.6. The lowest BCUT2D eigenvalue weighted by Crippen LogP contribution is -2.28. The molecule has 0 saturated heterocycles. The SMILES string of the molecule is c1ccc(-c2ccccc2N(c2ccc3c(c2)C(c2ccccc2)(c2ccccc2)c2ccccc2-3)c2ccc3c(c2)oc2c(-n4c5ccccc5c5ccccc54)c4c(cc23)oc2ccccc24)cc1. The molecule has 0 unspecified atom stereocenters. The van der Waals surface area contributed by atoms with E-state index in [0.29, 0.717) is 0 Å². The Kier molecular flexibility index (Phi) is 8.54. The van der Waals surface area contributed by atoms with Gasteiger partial charge in [0.05, 0.1) is 27.5 Å². The van der Waals surface area contributed by atoms with Crippen LogP contribution in [0.3, 0.4) is 0 Å². The van der Waals surface area contributed by atoms with Gasteiger partial charge in [-0.3, -0.25) is 0 Å². The predicted octanol–water partition coefficient (Wildman–Crippen LogP) is 18.1. The van der Waals surface area contributed by atoms with Crippen LogP contribution in [-0.4, -0.2) is 4.57 Å². The van der Waals surface area contributed by atoms with E-state index in [1.54, 1.807) is 0 Å². The molecular formula is C67H42N2O2. The van der Waals surface area contributed by atoms with Crippen molar-refractivity contribution in [3.8, 4) is 27.9 Å². The van der Waals surface area contributed by atoms with Crippen molar-refractivity contribution in [3.05, 3.63) is 277 Å². The topological polar surface area (TPSA) is 34.5 Å².